The van der Waals surface area contributed by atoms with Crippen LogP contribution in [0.25, 0.3) is 0 Å². The van der Waals surface area contributed by atoms with Gasteiger partial charge in [-0.3, -0.25) is 4.79 Å². The van der Waals surface area contributed by atoms with E-state index in [4.69, 9.17) is 0 Å². The largest absolute Gasteiger partial charge is 0.325 e. The van der Waals surface area contributed by atoms with Crippen molar-refractivity contribution in [3.8, 4) is 0 Å². The normalized spacial score (nSPS) is 15.4. The van der Waals surface area contributed by atoms with E-state index in [1.807, 2.05) is 61.0 Å². The molecule has 29 heavy (non-hydrogen) atoms. The van der Waals surface area contributed by atoms with Gasteiger partial charge in [0.2, 0.25) is 11.1 Å². The summed E-state index contributed by atoms with van der Waals surface area (Å²) in [6.45, 7) is 4.06. The number of amides is 1. The fraction of sp³-hybridized carbons (Fsp3) is 0.364. The number of aromatic nitrogens is 4. The van der Waals surface area contributed by atoms with E-state index in [2.05, 4.69) is 26.9 Å². The molecule has 0 aliphatic heterocycles. The molecule has 3 aromatic rings. The molecule has 0 bridgehead atoms. The quantitative estimate of drug-likeness (QED) is 0.590. The number of nitrogens with zero attached hydrogens (tertiary/aromatic N) is 4. The first-order valence-electron chi connectivity index (χ1n) is 9.99. The number of thioether (sulfide) groups is 1. The Labute approximate surface area is 175 Å². The van der Waals surface area contributed by atoms with Gasteiger partial charge >= 0.3 is 0 Å². The number of hydrogen-bond donors (Lipinski definition) is 1. The lowest BCUT2D eigenvalue weighted by molar-refractivity contribution is -0.115. The van der Waals surface area contributed by atoms with Crippen LogP contribution in [-0.2, 0) is 4.79 Å². The monoisotopic (exact) mass is 407 g/mol. The minimum atomic E-state index is -0.442. The molecule has 0 unspecified atom stereocenters. The van der Waals surface area contributed by atoms with Crippen LogP contribution in [0, 0.1) is 13.8 Å². The number of rotatable bonds is 6. The molecule has 1 atom stereocenters. The molecular weight excluding hydrogens is 382 g/mol. The maximum atomic E-state index is 13.3. The first-order valence-corrected chi connectivity index (χ1v) is 10.9. The van der Waals surface area contributed by atoms with Crippen molar-refractivity contribution in [1.82, 2.24) is 20.2 Å². The van der Waals surface area contributed by atoms with Crippen molar-refractivity contribution in [1.29, 1.82) is 0 Å². The Bertz CT molecular complexity index is 962. The van der Waals surface area contributed by atoms with Gasteiger partial charge in [-0.1, -0.05) is 61.0 Å². The number of carbonyl (C=O) groups is 1. The van der Waals surface area contributed by atoms with E-state index in [-0.39, 0.29) is 5.91 Å². The van der Waals surface area contributed by atoms with Crippen molar-refractivity contribution < 1.29 is 4.79 Å². The lowest BCUT2D eigenvalue weighted by Crippen LogP contribution is -2.20. The molecular formula is C22H25N5OS. The summed E-state index contributed by atoms with van der Waals surface area (Å²) in [5, 5.41) is 15.7. The van der Waals surface area contributed by atoms with Gasteiger partial charge in [0, 0.05) is 5.69 Å². The number of tetrazole rings is 1. The molecule has 2 aromatic carbocycles. The molecule has 1 aromatic heterocycles. The van der Waals surface area contributed by atoms with Crippen LogP contribution < -0.4 is 5.32 Å². The van der Waals surface area contributed by atoms with E-state index in [1.54, 1.807) is 0 Å². The molecule has 0 radical (unpaired) electrons. The third kappa shape index (κ3) is 4.67. The highest BCUT2D eigenvalue weighted by Gasteiger charge is 2.28. The van der Waals surface area contributed by atoms with Crippen LogP contribution in [0.5, 0.6) is 0 Å². The van der Waals surface area contributed by atoms with Crippen LogP contribution in [0.15, 0.2) is 53.7 Å². The molecule has 4 rings (SSSR count). The second-order valence-electron chi connectivity index (χ2n) is 7.62. The third-order valence-corrected chi connectivity index (χ3v) is 6.39. The van der Waals surface area contributed by atoms with Gasteiger partial charge in [0.1, 0.15) is 5.25 Å². The molecule has 1 saturated carbocycles. The number of benzene rings is 2. The fourth-order valence-corrected chi connectivity index (χ4v) is 4.95. The van der Waals surface area contributed by atoms with E-state index in [1.165, 1.54) is 24.6 Å². The van der Waals surface area contributed by atoms with E-state index in [0.717, 1.165) is 35.2 Å². The van der Waals surface area contributed by atoms with E-state index in [9.17, 15) is 4.79 Å². The van der Waals surface area contributed by atoms with Crippen LogP contribution in [-0.4, -0.2) is 26.1 Å². The summed E-state index contributed by atoms with van der Waals surface area (Å²) in [5.74, 6) is -0.0767. The zero-order valence-corrected chi connectivity index (χ0v) is 17.5. The highest BCUT2D eigenvalue weighted by atomic mass is 32.2. The highest BCUT2D eigenvalue weighted by molar-refractivity contribution is 8.00. The van der Waals surface area contributed by atoms with Crippen molar-refractivity contribution in [2.24, 2.45) is 0 Å². The second-order valence-corrected chi connectivity index (χ2v) is 8.69. The summed E-state index contributed by atoms with van der Waals surface area (Å²) in [4.78, 5) is 13.3. The van der Waals surface area contributed by atoms with Crippen molar-refractivity contribution in [3.05, 3.63) is 65.2 Å². The molecule has 0 spiro atoms. The van der Waals surface area contributed by atoms with Crippen LogP contribution in [0.2, 0.25) is 0 Å². The summed E-state index contributed by atoms with van der Waals surface area (Å²) < 4.78 is 1.90. The summed E-state index contributed by atoms with van der Waals surface area (Å²) in [6.07, 6.45) is 4.57. The summed E-state index contributed by atoms with van der Waals surface area (Å²) in [6, 6.07) is 16.2. The third-order valence-electron chi connectivity index (χ3n) is 5.19. The number of aryl methyl sites for hydroxylation is 2. The van der Waals surface area contributed by atoms with Crippen molar-refractivity contribution in [3.63, 3.8) is 0 Å². The smallest absolute Gasteiger partial charge is 0.242 e. The first kappa shape index (κ1) is 19.6. The van der Waals surface area contributed by atoms with Crippen LogP contribution in [0.1, 0.15) is 53.7 Å². The van der Waals surface area contributed by atoms with Crippen LogP contribution >= 0.6 is 11.8 Å². The van der Waals surface area contributed by atoms with Gasteiger partial charge in [-0.15, -0.1) is 5.10 Å². The summed E-state index contributed by atoms with van der Waals surface area (Å²) in [7, 11) is 0. The van der Waals surface area contributed by atoms with Gasteiger partial charge in [0.15, 0.2) is 0 Å². The molecule has 1 amide bonds. The Balaban J connectivity index is 1.61. The molecule has 1 aliphatic carbocycles. The second kappa shape index (κ2) is 8.78. The first-order chi connectivity index (χ1) is 14.1. The maximum Gasteiger partial charge on any atom is 0.242 e. The van der Waals surface area contributed by atoms with Crippen molar-refractivity contribution >= 4 is 23.4 Å². The van der Waals surface area contributed by atoms with Gasteiger partial charge in [-0.25, -0.2) is 4.68 Å². The zero-order chi connectivity index (χ0) is 20.2. The Kier molecular flexibility index (Phi) is 5.94. The number of anilines is 1. The average molecular weight is 408 g/mol. The standard InChI is InChI=1S/C22H25N5OS/c1-15-12-16(2)14-18(13-15)23-21(28)20(17-8-4-3-5-9-17)29-22-24-25-26-27(22)19-10-6-7-11-19/h3-5,8-9,12-14,19-20H,6-7,10-11H2,1-2H3,(H,23,28)/t20-/m1/s1. The Morgan fingerprint density at radius 1 is 1.10 bits per heavy atom. The van der Waals surface area contributed by atoms with Gasteiger partial charge in [-0.2, -0.15) is 0 Å². The lowest BCUT2D eigenvalue weighted by atomic mass is 10.1. The fourth-order valence-electron chi connectivity index (χ4n) is 3.90. The molecule has 6 nitrogen and oxygen atoms in total. The number of hydrogen-bond acceptors (Lipinski definition) is 5. The lowest BCUT2D eigenvalue weighted by Gasteiger charge is -2.18. The Hall–Kier alpha value is -2.67. The molecule has 1 aliphatic rings. The molecule has 1 N–H and O–H groups in total. The SMILES string of the molecule is Cc1cc(C)cc(NC(=O)[C@H](Sc2nnnn2C2CCCC2)c2ccccc2)c1. The van der Waals surface area contributed by atoms with Crippen LogP contribution in [0.4, 0.5) is 5.69 Å². The highest BCUT2D eigenvalue weighted by Crippen LogP contribution is 2.38. The predicted molar refractivity (Wildman–Crippen MR) is 115 cm³/mol. The van der Waals surface area contributed by atoms with Crippen LogP contribution in [0.3, 0.4) is 0 Å². The van der Waals surface area contributed by atoms with Gasteiger partial charge < -0.3 is 5.32 Å². The number of nitrogens with one attached hydrogen (secondary N) is 1. The maximum absolute atomic E-state index is 13.3. The van der Waals surface area contributed by atoms with Gasteiger partial charge in [-0.05, 0) is 65.9 Å². The predicted octanol–water partition coefficient (Wildman–Crippen LogP) is 4.88. The summed E-state index contributed by atoms with van der Waals surface area (Å²) >= 11 is 1.41. The molecule has 1 heterocycles. The van der Waals surface area contributed by atoms with E-state index >= 15 is 0 Å². The zero-order valence-electron chi connectivity index (χ0n) is 16.7. The summed E-state index contributed by atoms with van der Waals surface area (Å²) in [5.41, 5.74) is 3.98. The minimum absolute atomic E-state index is 0.0767. The molecule has 7 heteroatoms. The van der Waals surface area contributed by atoms with Crippen molar-refractivity contribution in [2.45, 2.75) is 56.0 Å². The average Bonchev–Trinajstić information content (AvgIpc) is 3.37. The molecule has 150 valence electrons. The van der Waals surface area contributed by atoms with Gasteiger partial charge in [0.25, 0.3) is 0 Å². The topological polar surface area (TPSA) is 72.7 Å². The number of carbonyl (C=O) groups excluding carboxylic acids is 1. The molecule has 1 fully saturated rings. The molecule has 0 saturated heterocycles. The van der Waals surface area contributed by atoms with Crippen molar-refractivity contribution in [2.75, 3.05) is 5.32 Å². The Morgan fingerprint density at radius 2 is 1.79 bits per heavy atom. The minimum Gasteiger partial charge on any atom is -0.325 e. The van der Waals surface area contributed by atoms with E-state index in [0.29, 0.717) is 11.2 Å². The van der Waals surface area contributed by atoms with Gasteiger partial charge in [0.05, 0.1) is 6.04 Å². The van der Waals surface area contributed by atoms with E-state index < -0.39 is 5.25 Å². The Morgan fingerprint density at radius 3 is 2.48 bits per heavy atom.